The molecule has 5 heteroatoms. The summed E-state index contributed by atoms with van der Waals surface area (Å²) in [5, 5.41) is 11.9. The van der Waals surface area contributed by atoms with Gasteiger partial charge in [0.2, 0.25) is 0 Å². The summed E-state index contributed by atoms with van der Waals surface area (Å²) < 4.78 is 0. The van der Waals surface area contributed by atoms with Crippen molar-refractivity contribution in [2.45, 2.75) is 46.6 Å². The summed E-state index contributed by atoms with van der Waals surface area (Å²) in [7, 11) is 0. The second-order valence-corrected chi connectivity index (χ2v) is 5.17. The highest BCUT2D eigenvalue weighted by Crippen LogP contribution is 2.22. The topological polar surface area (TPSA) is 69.6 Å². The minimum Gasteiger partial charge on any atom is -0.480 e. The number of hydrogen-bond acceptors (Lipinski definition) is 2. The van der Waals surface area contributed by atoms with Gasteiger partial charge in [-0.3, -0.25) is 4.79 Å². The number of nitrogens with zero attached hydrogens (tertiary/aromatic N) is 1. The number of rotatable bonds is 6. The lowest BCUT2D eigenvalue weighted by molar-refractivity contribution is -0.138. The Balaban J connectivity index is 2.99. The molecule has 0 aliphatic heterocycles. The molecule has 1 aromatic rings. The molecule has 0 radical (unpaired) electrons. The van der Waals surface area contributed by atoms with Crippen LogP contribution in [0.2, 0.25) is 0 Å². The third-order valence-electron chi connectivity index (χ3n) is 3.66. The number of carbonyl (C=O) groups excluding carboxylic acids is 1. The van der Waals surface area contributed by atoms with Crippen molar-refractivity contribution in [1.29, 1.82) is 0 Å². The predicted octanol–water partition coefficient (Wildman–Crippen LogP) is 3.27. The monoisotopic (exact) mass is 292 g/mol. The van der Waals surface area contributed by atoms with Gasteiger partial charge in [-0.25, -0.2) is 4.79 Å². The van der Waals surface area contributed by atoms with Crippen LogP contribution in [-0.4, -0.2) is 34.6 Å². The number of carboxylic acids is 1. The van der Waals surface area contributed by atoms with Crippen molar-refractivity contribution in [3.05, 3.63) is 29.3 Å². The van der Waals surface area contributed by atoms with E-state index >= 15 is 0 Å². The van der Waals surface area contributed by atoms with E-state index in [1.807, 2.05) is 45.9 Å². The van der Waals surface area contributed by atoms with Crippen LogP contribution in [0.25, 0.3) is 0 Å². The summed E-state index contributed by atoms with van der Waals surface area (Å²) in [5.74, 6) is -1.01. The van der Waals surface area contributed by atoms with Gasteiger partial charge >= 0.3 is 12.0 Å². The van der Waals surface area contributed by atoms with E-state index in [1.165, 1.54) is 4.90 Å². The van der Waals surface area contributed by atoms with Gasteiger partial charge in [0, 0.05) is 11.7 Å². The Bertz CT molecular complexity index is 514. The van der Waals surface area contributed by atoms with E-state index in [4.69, 9.17) is 5.11 Å². The van der Waals surface area contributed by atoms with Crippen LogP contribution in [0.4, 0.5) is 10.5 Å². The molecule has 1 rings (SSSR count). The lowest BCUT2D eigenvalue weighted by Gasteiger charge is -2.28. The summed E-state index contributed by atoms with van der Waals surface area (Å²) in [5.41, 5.74) is 2.80. The molecule has 1 aromatic carbocycles. The van der Waals surface area contributed by atoms with E-state index in [9.17, 15) is 9.59 Å². The van der Waals surface area contributed by atoms with Crippen molar-refractivity contribution in [3.63, 3.8) is 0 Å². The van der Waals surface area contributed by atoms with Crippen molar-refractivity contribution in [2.75, 3.05) is 11.9 Å². The van der Waals surface area contributed by atoms with Crippen molar-refractivity contribution >= 4 is 17.7 Å². The number of aryl methyl sites for hydroxylation is 2. The number of hydrogen-bond donors (Lipinski definition) is 2. The zero-order valence-corrected chi connectivity index (χ0v) is 13.1. The van der Waals surface area contributed by atoms with Crippen LogP contribution in [0.5, 0.6) is 0 Å². The van der Waals surface area contributed by atoms with Crippen LogP contribution >= 0.6 is 0 Å². The Labute approximate surface area is 126 Å². The number of carboxylic acid groups (broad SMARTS) is 1. The van der Waals surface area contributed by atoms with Crippen LogP contribution in [0.1, 0.15) is 38.3 Å². The molecule has 2 N–H and O–H groups in total. The van der Waals surface area contributed by atoms with Crippen molar-refractivity contribution in [1.82, 2.24) is 4.90 Å². The Kier molecular flexibility index (Phi) is 6.21. The number of amides is 2. The first-order valence-corrected chi connectivity index (χ1v) is 7.28. The third kappa shape index (κ3) is 4.48. The molecule has 0 fully saturated rings. The van der Waals surface area contributed by atoms with Gasteiger partial charge in [-0.2, -0.15) is 0 Å². The van der Waals surface area contributed by atoms with Gasteiger partial charge < -0.3 is 15.3 Å². The van der Waals surface area contributed by atoms with Gasteiger partial charge in [0.05, 0.1) is 0 Å². The maximum absolute atomic E-state index is 12.4. The van der Waals surface area contributed by atoms with Crippen LogP contribution in [-0.2, 0) is 11.2 Å². The molecular weight excluding hydrogens is 268 g/mol. The average molecular weight is 292 g/mol. The fourth-order valence-electron chi connectivity index (χ4n) is 2.17. The predicted molar refractivity (Wildman–Crippen MR) is 83.7 cm³/mol. The number of carbonyl (C=O) groups is 2. The first-order valence-electron chi connectivity index (χ1n) is 7.28. The average Bonchev–Trinajstić information content (AvgIpc) is 2.45. The Morgan fingerprint density at radius 2 is 2.00 bits per heavy atom. The maximum Gasteiger partial charge on any atom is 0.323 e. The molecule has 0 aromatic heterocycles. The number of urea groups is 1. The second-order valence-electron chi connectivity index (χ2n) is 5.17. The molecule has 0 saturated carbocycles. The number of para-hydroxylation sites is 1. The van der Waals surface area contributed by atoms with E-state index in [0.717, 1.165) is 23.2 Å². The zero-order valence-electron chi connectivity index (χ0n) is 13.1. The van der Waals surface area contributed by atoms with Gasteiger partial charge in [0.1, 0.15) is 6.54 Å². The third-order valence-corrected chi connectivity index (χ3v) is 3.66. The molecule has 0 aliphatic rings. The van der Waals surface area contributed by atoms with Gasteiger partial charge in [0.25, 0.3) is 0 Å². The smallest absolute Gasteiger partial charge is 0.323 e. The number of nitrogens with one attached hydrogen (secondary N) is 1. The van der Waals surface area contributed by atoms with Gasteiger partial charge in [-0.1, -0.05) is 32.0 Å². The number of aliphatic carboxylic acids is 1. The van der Waals surface area contributed by atoms with E-state index in [1.54, 1.807) is 0 Å². The van der Waals surface area contributed by atoms with Crippen LogP contribution in [0.15, 0.2) is 18.2 Å². The Hall–Kier alpha value is -2.04. The highest BCUT2D eigenvalue weighted by Gasteiger charge is 2.22. The van der Waals surface area contributed by atoms with E-state index < -0.39 is 5.97 Å². The minimum absolute atomic E-state index is 0.129. The molecular formula is C16H24N2O3. The van der Waals surface area contributed by atoms with E-state index in [0.29, 0.717) is 6.42 Å². The highest BCUT2D eigenvalue weighted by molar-refractivity contribution is 5.93. The van der Waals surface area contributed by atoms with Gasteiger partial charge in [-0.15, -0.1) is 0 Å². The van der Waals surface area contributed by atoms with Crippen molar-refractivity contribution < 1.29 is 14.7 Å². The second kappa shape index (κ2) is 7.67. The summed E-state index contributed by atoms with van der Waals surface area (Å²) in [6.07, 6.45) is 1.51. The van der Waals surface area contributed by atoms with Gasteiger partial charge in [-0.05, 0) is 37.8 Å². The zero-order chi connectivity index (χ0) is 16.0. The maximum atomic E-state index is 12.4. The molecule has 21 heavy (non-hydrogen) atoms. The Morgan fingerprint density at radius 1 is 1.33 bits per heavy atom. The van der Waals surface area contributed by atoms with Crippen molar-refractivity contribution in [3.8, 4) is 0 Å². The molecule has 5 nitrogen and oxygen atoms in total. The summed E-state index contributed by atoms with van der Waals surface area (Å²) in [4.78, 5) is 24.7. The lowest BCUT2D eigenvalue weighted by atomic mass is 10.1. The highest BCUT2D eigenvalue weighted by atomic mass is 16.4. The van der Waals surface area contributed by atoms with E-state index in [-0.39, 0.29) is 18.6 Å². The number of anilines is 1. The molecule has 0 bridgehead atoms. The quantitative estimate of drug-likeness (QED) is 0.845. The van der Waals surface area contributed by atoms with Crippen LogP contribution in [0.3, 0.4) is 0 Å². The van der Waals surface area contributed by atoms with E-state index in [2.05, 4.69) is 5.32 Å². The molecule has 0 saturated heterocycles. The summed E-state index contributed by atoms with van der Waals surface area (Å²) in [6, 6.07) is 5.35. The fourth-order valence-corrected chi connectivity index (χ4v) is 2.17. The van der Waals surface area contributed by atoms with Crippen LogP contribution < -0.4 is 5.32 Å². The fraction of sp³-hybridized carbons (Fsp3) is 0.500. The molecule has 116 valence electrons. The first-order chi connectivity index (χ1) is 9.90. The molecule has 0 aliphatic carbocycles. The SMILES string of the molecule is CCc1cccc(C)c1NC(=O)N(CC(=O)O)C(C)CC. The minimum atomic E-state index is -1.01. The standard InChI is InChI=1S/C16H24N2O3/c1-5-12(4)18(10-14(19)20)16(21)17-15-11(3)8-7-9-13(15)6-2/h7-9,12H,5-6,10H2,1-4H3,(H,17,21)(H,19,20). The normalized spacial score (nSPS) is 11.8. The summed E-state index contributed by atoms with van der Waals surface area (Å²) in [6.45, 7) is 7.43. The first kappa shape index (κ1) is 17.0. The van der Waals surface area contributed by atoms with Crippen molar-refractivity contribution in [2.24, 2.45) is 0 Å². The number of benzene rings is 1. The molecule has 1 atom stereocenters. The Morgan fingerprint density at radius 3 is 2.52 bits per heavy atom. The largest absolute Gasteiger partial charge is 0.480 e. The molecule has 0 heterocycles. The molecule has 0 spiro atoms. The lowest BCUT2D eigenvalue weighted by Crippen LogP contribution is -2.44. The van der Waals surface area contributed by atoms with Gasteiger partial charge in [0.15, 0.2) is 0 Å². The van der Waals surface area contributed by atoms with Crippen LogP contribution in [0, 0.1) is 6.92 Å². The summed E-state index contributed by atoms with van der Waals surface area (Å²) >= 11 is 0. The molecule has 2 amide bonds. The molecule has 1 unspecified atom stereocenters.